The summed E-state index contributed by atoms with van der Waals surface area (Å²) in [4.78, 5) is 12.9. The van der Waals surface area contributed by atoms with Crippen LogP contribution < -0.4 is 23.8 Å². The minimum absolute atomic E-state index is 0.0784. The highest BCUT2D eigenvalue weighted by Gasteiger charge is 2.29. The largest absolute Gasteiger partial charge is 0.497 e. The number of nitrogens with one attached hydrogen (secondary N) is 1. The molecule has 0 saturated heterocycles. The molecule has 1 unspecified atom stereocenters. The number of ether oxygens (including phenoxy) is 3. The topological polar surface area (TPSA) is 94.2 Å². The van der Waals surface area contributed by atoms with Crippen LogP contribution in [0.1, 0.15) is 18.5 Å². The number of carbonyl (C=O) groups is 1. The molecule has 0 fully saturated rings. The van der Waals surface area contributed by atoms with Crippen molar-refractivity contribution in [3.8, 4) is 17.2 Å². The second kappa shape index (κ2) is 11.1. The van der Waals surface area contributed by atoms with E-state index in [1.54, 1.807) is 43.3 Å². The van der Waals surface area contributed by atoms with Crippen LogP contribution >= 0.6 is 0 Å². The third kappa shape index (κ3) is 6.02. The summed E-state index contributed by atoms with van der Waals surface area (Å²) in [5.74, 6) is 0.207. The Balaban J connectivity index is 1.94. The van der Waals surface area contributed by atoms with Crippen molar-refractivity contribution < 1.29 is 31.8 Å². The standard InChI is InChI=1S/C25H27FN2O6S/c1-17(18-5-7-19(26)8-6-18)27-25(29)16-28(20-9-11-21(32-2)12-10-20)35(30,31)22-13-14-23(33-3)24(15-22)34-4/h5-15,17H,16H2,1-4H3,(H,27,29). The maximum atomic E-state index is 13.7. The van der Waals surface area contributed by atoms with E-state index in [4.69, 9.17) is 14.2 Å². The Bertz CT molecular complexity index is 1260. The monoisotopic (exact) mass is 502 g/mol. The lowest BCUT2D eigenvalue weighted by Gasteiger charge is -2.25. The first-order valence-electron chi connectivity index (χ1n) is 10.6. The van der Waals surface area contributed by atoms with Gasteiger partial charge in [0.25, 0.3) is 10.0 Å². The highest BCUT2D eigenvalue weighted by atomic mass is 32.2. The maximum Gasteiger partial charge on any atom is 0.264 e. The van der Waals surface area contributed by atoms with Gasteiger partial charge >= 0.3 is 0 Å². The number of sulfonamides is 1. The molecule has 0 aliphatic rings. The van der Waals surface area contributed by atoms with Crippen molar-refractivity contribution in [2.75, 3.05) is 32.2 Å². The number of carbonyl (C=O) groups excluding carboxylic acids is 1. The van der Waals surface area contributed by atoms with E-state index >= 15 is 0 Å². The molecule has 0 heterocycles. The number of benzene rings is 3. The molecule has 10 heteroatoms. The third-order valence-corrected chi connectivity index (χ3v) is 7.11. The van der Waals surface area contributed by atoms with Crippen LogP contribution in [0.15, 0.2) is 71.6 Å². The lowest BCUT2D eigenvalue weighted by Crippen LogP contribution is -2.41. The molecule has 186 valence electrons. The van der Waals surface area contributed by atoms with Gasteiger partial charge in [0.15, 0.2) is 11.5 Å². The Morgan fingerprint density at radius 1 is 0.914 bits per heavy atom. The van der Waals surface area contributed by atoms with Gasteiger partial charge in [-0.1, -0.05) is 12.1 Å². The van der Waals surface area contributed by atoms with Crippen molar-refractivity contribution >= 4 is 21.6 Å². The minimum Gasteiger partial charge on any atom is -0.497 e. The highest BCUT2D eigenvalue weighted by molar-refractivity contribution is 7.92. The van der Waals surface area contributed by atoms with Gasteiger partial charge in [-0.25, -0.2) is 12.8 Å². The Morgan fingerprint density at radius 2 is 1.54 bits per heavy atom. The van der Waals surface area contributed by atoms with Gasteiger partial charge in [0.05, 0.1) is 38.0 Å². The first kappa shape index (κ1) is 25.8. The molecule has 1 atom stereocenters. The number of rotatable bonds is 10. The molecule has 3 aromatic rings. The zero-order valence-electron chi connectivity index (χ0n) is 19.8. The number of hydrogen-bond donors (Lipinski definition) is 1. The zero-order valence-corrected chi connectivity index (χ0v) is 20.6. The molecule has 1 amide bonds. The fourth-order valence-electron chi connectivity index (χ4n) is 3.42. The normalized spacial score (nSPS) is 11.9. The number of methoxy groups -OCH3 is 3. The number of amides is 1. The summed E-state index contributed by atoms with van der Waals surface area (Å²) in [7, 11) is 0.161. The summed E-state index contributed by atoms with van der Waals surface area (Å²) in [5.41, 5.74) is 0.948. The zero-order chi connectivity index (χ0) is 25.6. The fourth-order valence-corrected chi connectivity index (χ4v) is 4.86. The molecule has 0 aliphatic heterocycles. The average Bonchev–Trinajstić information content (AvgIpc) is 2.87. The van der Waals surface area contributed by atoms with Crippen LogP contribution in [0, 0.1) is 5.82 Å². The maximum absolute atomic E-state index is 13.7. The van der Waals surface area contributed by atoms with Crippen molar-refractivity contribution in [3.05, 3.63) is 78.1 Å². The van der Waals surface area contributed by atoms with Gasteiger partial charge in [-0.15, -0.1) is 0 Å². The van der Waals surface area contributed by atoms with Crippen molar-refractivity contribution in [2.45, 2.75) is 17.9 Å². The highest BCUT2D eigenvalue weighted by Crippen LogP contribution is 2.32. The summed E-state index contributed by atoms with van der Waals surface area (Å²) >= 11 is 0. The van der Waals surface area contributed by atoms with E-state index in [1.165, 1.54) is 51.7 Å². The first-order chi connectivity index (χ1) is 16.7. The Morgan fingerprint density at radius 3 is 2.11 bits per heavy atom. The molecular weight excluding hydrogens is 475 g/mol. The van der Waals surface area contributed by atoms with Gasteiger partial charge in [-0.3, -0.25) is 9.10 Å². The summed E-state index contributed by atoms with van der Waals surface area (Å²) in [6, 6.07) is 15.7. The van der Waals surface area contributed by atoms with E-state index in [-0.39, 0.29) is 22.1 Å². The van der Waals surface area contributed by atoms with Crippen molar-refractivity contribution in [2.24, 2.45) is 0 Å². The molecule has 0 bridgehead atoms. The molecule has 0 aliphatic carbocycles. The number of anilines is 1. The first-order valence-corrected chi connectivity index (χ1v) is 12.1. The van der Waals surface area contributed by atoms with Gasteiger partial charge in [0.1, 0.15) is 18.1 Å². The van der Waals surface area contributed by atoms with Gasteiger partial charge in [0, 0.05) is 6.07 Å². The molecule has 0 aromatic heterocycles. The van der Waals surface area contributed by atoms with Crippen LogP contribution in [-0.2, 0) is 14.8 Å². The number of halogens is 1. The van der Waals surface area contributed by atoms with E-state index in [1.807, 2.05) is 0 Å². The van der Waals surface area contributed by atoms with Crippen molar-refractivity contribution in [3.63, 3.8) is 0 Å². The molecular formula is C25H27FN2O6S. The average molecular weight is 503 g/mol. The predicted octanol–water partition coefficient (Wildman–Crippen LogP) is 3.92. The second-order valence-corrected chi connectivity index (χ2v) is 9.43. The van der Waals surface area contributed by atoms with Gasteiger partial charge in [-0.05, 0) is 61.0 Å². The van der Waals surface area contributed by atoms with Gasteiger partial charge in [0.2, 0.25) is 5.91 Å². The summed E-state index contributed by atoms with van der Waals surface area (Å²) in [6.45, 7) is 1.24. The van der Waals surface area contributed by atoms with Gasteiger partial charge in [-0.2, -0.15) is 0 Å². The van der Waals surface area contributed by atoms with Crippen LogP contribution in [-0.4, -0.2) is 42.2 Å². The molecule has 0 radical (unpaired) electrons. The van der Waals surface area contributed by atoms with Crippen LogP contribution in [0.5, 0.6) is 17.2 Å². The van der Waals surface area contributed by atoms with Crippen LogP contribution in [0.4, 0.5) is 10.1 Å². The van der Waals surface area contributed by atoms with Crippen LogP contribution in [0.2, 0.25) is 0 Å². The van der Waals surface area contributed by atoms with E-state index in [0.29, 0.717) is 17.1 Å². The van der Waals surface area contributed by atoms with Gasteiger partial charge < -0.3 is 19.5 Å². The second-order valence-electron chi connectivity index (χ2n) is 7.57. The molecule has 3 aromatic carbocycles. The molecule has 1 N–H and O–H groups in total. The molecule has 8 nitrogen and oxygen atoms in total. The van der Waals surface area contributed by atoms with E-state index in [0.717, 1.165) is 4.31 Å². The smallest absolute Gasteiger partial charge is 0.264 e. The van der Waals surface area contributed by atoms with E-state index in [9.17, 15) is 17.6 Å². The molecule has 0 spiro atoms. The van der Waals surface area contributed by atoms with Crippen molar-refractivity contribution in [1.82, 2.24) is 5.32 Å². The third-order valence-electron chi connectivity index (χ3n) is 5.34. The lowest BCUT2D eigenvalue weighted by atomic mass is 10.1. The molecule has 0 saturated carbocycles. The Kier molecular flexibility index (Phi) is 8.18. The predicted molar refractivity (Wildman–Crippen MR) is 130 cm³/mol. The fraction of sp³-hybridized carbons (Fsp3) is 0.240. The lowest BCUT2D eigenvalue weighted by molar-refractivity contribution is -0.120. The van der Waals surface area contributed by atoms with E-state index < -0.39 is 28.5 Å². The summed E-state index contributed by atoms with van der Waals surface area (Å²) < 4.78 is 57.2. The summed E-state index contributed by atoms with van der Waals surface area (Å²) in [6.07, 6.45) is 0. The minimum atomic E-state index is -4.19. The molecule has 3 rings (SSSR count). The summed E-state index contributed by atoms with van der Waals surface area (Å²) in [5, 5.41) is 2.77. The van der Waals surface area contributed by atoms with Crippen LogP contribution in [0.25, 0.3) is 0 Å². The number of nitrogens with zero attached hydrogens (tertiary/aromatic N) is 1. The SMILES string of the molecule is COc1ccc(N(CC(=O)NC(C)c2ccc(F)cc2)S(=O)(=O)c2ccc(OC)c(OC)c2)cc1. The van der Waals surface area contributed by atoms with E-state index in [2.05, 4.69) is 5.32 Å². The Hall–Kier alpha value is -3.79. The van der Waals surface area contributed by atoms with Crippen molar-refractivity contribution in [1.29, 1.82) is 0 Å². The quantitative estimate of drug-likeness (QED) is 0.452. The molecule has 35 heavy (non-hydrogen) atoms. The van der Waals surface area contributed by atoms with Crippen LogP contribution in [0.3, 0.4) is 0 Å². The number of hydrogen-bond acceptors (Lipinski definition) is 6. The Labute approximate surface area is 204 Å².